The zero-order chi connectivity index (χ0) is 20.6. The Kier molecular flexibility index (Phi) is 7.25. The third-order valence-corrected chi connectivity index (χ3v) is 5.30. The Morgan fingerprint density at radius 1 is 0.966 bits per heavy atom. The first-order chi connectivity index (χ1) is 14.1. The Labute approximate surface area is 172 Å². The van der Waals surface area contributed by atoms with Gasteiger partial charge < -0.3 is 15.0 Å². The standard InChI is InChI=1S/C23H29N3O3/c1-3-18-8-4-6-10-20(18)24-22(27)17-25-12-14-26(15-13-25)23(28)16-19-9-5-7-11-21(19)29-2/h4-11H,3,12-17H2,1-2H3,(H,24,27). The van der Waals surface area contributed by atoms with Crippen molar-refractivity contribution in [3.05, 3.63) is 59.7 Å². The zero-order valence-electron chi connectivity index (χ0n) is 17.2. The molecule has 1 saturated heterocycles. The van der Waals surface area contributed by atoms with Crippen LogP contribution in [0.1, 0.15) is 18.1 Å². The molecule has 2 amide bonds. The van der Waals surface area contributed by atoms with Crippen molar-refractivity contribution < 1.29 is 14.3 Å². The second-order valence-corrected chi connectivity index (χ2v) is 7.20. The highest BCUT2D eigenvalue weighted by molar-refractivity contribution is 5.93. The van der Waals surface area contributed by atoms with Crippen molar-refractivity contribution in [2.45, 2.75) is 19.8 Å². The van der Waals surface area contributed by atoms with E-state index in [1.54, 1.807) is 7.11 Å². The smallest absolute Gasteiger partial charge is 0.238 e. The molecule has 2 aromatic rings. The van der Waals surface area contributed by atoms with Crippen LogP contribution in [-0.2, 0) is 22.4 Å². The summed E-state index contributed by atoms with van der Waals surface area (Å²) in [5, 5.41) is 3.01. The molecule has 1 heterocycles. The third-order valence-electron chi connectivity index (χ3n) is 5.30. The van der Waals surface area contributed by atoms with Crippen LogP contribution in [0.3, 0.4) is 0 Å². The van der Waals surface area contributed by atoms with Gasteiger partial charge >= 0.3 is 0 Å². The monoisotopic (exact) mass is 395 g/mol. The fourth-order valence-corrected chi connectivity index (χ4v) is 3.62. The van der Waals surface area contributed by atoms with Crippen molar-refractivity contribution in [1.82, 2.24) is 9.80 Å². The number of rotatable bonds is 7. The number of ether oxygens (including phenoxy) is 1. The lowest BCUT2D eigenvalue weighted by Crippen LogP contribution is -2.50. The van der Waals surface area contributed by atoms with Gasteiger partial charge in [0.2, 0.25) is 11.8 Å². The number of methoxy groups -OCH3 is 1. The summed E-state index contributed by atoms with van der Waals surface area (Å²) in [4.78, 5) is 29.0. The SMILES string of the molecule is CCc1ccccc1NC(=O)CN1CCN(C(=O)Cc2ccccc2OC)CC1. The summed E-state index contributed by atoms with van der Waals surface area (Å²) in [5.41, 5.74) is 2.91. The number of benzene rings is 2. The maximum absolute atomic E-state index is 12.6. The van der Waals surface area contributed by atoms with Crippen LogP contribution in [0.4, 0.5) is 5.69 Å². The van der Waals surface area contributed by atoms with Crippen LogP contribution in [-0.4, -0.2) is 61.4 Å². The Morgan fingerprint density at radius 3 is 2.31 bits per heavy atom. The first-order valence-corrected chi connectivity index (χ1v) is 10.1. The lowest BCUT2D eigenvalue weighted by Gasteiger charge is -2.34. The van der Waals surface area contributed by atoms with Gasteiger partial charge in [0, 0.05) is 37.4 Å². The lowest BCUT2D eigenvalue weighted by molar-refractivity contribution is -0.132. The first kappa shape index (κ1) is 20.9. The molecule has 29 heavy (non-hydrogen) atoms. The van der Waals surface area contributed by atoms with Crippen molar-refractivity contribution in [3.63, 3.8) is 0 Å². The van der Waals surface area contributed by atoms with E-state index in [0.717, 1.165) is 29.0 Å². The minimum absolute atomic E-state index is 0.0142. The van der Waals surface area contributed by atoms with Gasteiger partial charge in [-0.05, 0) is 24.1 Å². The maximum atomic E-state index is 12.6. The number of aryl methyl sites for hydroxylation is 1. The van der Waals surface area contributed by atoms with Gasteiger partial charge in [0.05, 0.1) is 20.1 Å². The lowest BCUT2D eigenvalue weighted by atomic mass is 10.1. The van der Waals surface area contributed by atoms with Crippen LogP contribution in [0.15, 0.2) is 48.5 Å². The molecule has 1 N–H and O–H groups in total. The summed E-state index contributed by atoms with van der Waals surface area (Å²) in [6.07, 6.45) is 1.21. The van der Waals surface area contributed by atoms with Gasteiger partial charge in [0.25, 0.3) is 0 Å². The molecular formula is C23H29N3O3. The van der Waals surface area contributed by atoms with Crippen molar-refractivity contribution in [3.8, 4) is 5.75 Å². The molecule has 0 atom stereocenters. The van der Waals surface area contributed by atoms with Gasteiger partial charge in [-0.1, -0.05) is 43.3 Å². The molecule has 1 fully saturated rings. The summed E-state index contributed by atoms with van der Waals surface area (Å²) in [7, 11) is 1.62. The summed E-state index contributed by atoms with van der Waals surface area (Å²) in [6.45, 7) is 5.07. The molecule has 2 aromatic carbocycles. The number of hydrogen-bond donors (Lipinski definition) is 1. The number of piperazine rings is 1. The van der Waals surface area contributed by atoms with Crippen LogP contribution in [0.5, 0.6) is 5.75 Å². The van der Waals surface area contributed by atoms with Gasteiger partial charge in [0.1, 0.15) is 5.75 Å². The molecular weight excluding hydrogens is 366 g/mol. The van der Waals surface area contributed by atoms with Crippen LogP contribution in [0.2, 0.25) is 0 Å². The number of para-hydroxylation sites is 2. The summed E-state index contributed by atoms with van der Waals surface area (Å²) >= 11 is 0. The average molecular weight is 396 g/mol. The molecule has 0 saturated carbocycles. The zero-order valence-corrected chi connectivity index (χ0v) is 17.2. The van der Waals surface area contributed by atoms with E-state index >= 15 is 0 Å². The second kappa shape index (κ2) is 10.1. The summed E-state index contributed by atoms with van der Waals surface area (Å²) in [6, 6.07) is 15.5. The quantitative estimate of drug-likeness (QED) is 0.783. The maximum Gasteiger partial charge on any atom is 0.238 e. The molecule has 0 aromatic heterocycles. The van der Waals surface area contributed by atoms with Crippen LogP contribution < -0.4 is 10.1 Å². The molecule has 6 nitrogen and oxygen atoms in total. The fraction of sp³-hybridized carbons (Fsp3) is 0.391. The number of nitrogens with one attached hydrogen (secondary N) is 1. The van der Waals surface area contributed by atoms with Crippen LogP contribution in [0, 0.1) is 0 Å². The Bertz CT molecular complexity index is 845. The molecule has 6 heteroatoms. The highest BCUT2D eigenvalue weighted by atomic mass is 16.5. The highest BCUT2D eigenvalue weighted by Gasteiger charge is 2.23. The Hall–Kier alpha value is -2.86. The molecule has 154 valence electrons. The number of carbonyl (C=O) groups excluding carboxylic acids is 2. The highest BCUT2D eigenvalue weighted by Crippen LogP contribution is 2.19. The molecule has 1 aliphatic rings. The molecule has 0 spiro atoms. The van der Waals surface area contributed by atoms with E-state index in [0.29, 0.717) is 39.1 Å². The summed E-state index contributed by atoms with van der Waals surface area (Å²) < 4.78 is 5.34. The molecule has 0 unspecified atom stereocenters. The predicted molar refractivity (Wildman–Crippen MR) is 114 cm³/mol. The number of hydrogen-bond acceptors (Lipinski definition) is 4. The van der Waals surface area contributed by atoms with E-state index in [4.69, 9.17) is 4.74 Å². The van der Waals surface area contributed by atoms with E-state index in [2.05, 4.69) is 17.1 Å². The van der Waals surface area contributed by atoms with Crippen LogP contribution >= 0.6 is 0 Å². The first-order valence-electron chi connectivity index (χ1n) is 10.1. The molecule has 3 rings (SSSR count). The van der Waals surface area contributed by atoms with Crippen LogP contribution in [0.25, 0.3) is 0 Å². The third kappa shape index (κ3) is 5.57. The van der Waals surface area contributed by atoms with Gasteiger partial charge in [-0.3, -0.25) is 14.5 Å². The number of anilines is 1. The van der Waals surface area contributed by atoms with Gasteiger partial charge in [-0.15, -0.1) is 0 Å². The van der Waals surface area contributed by atoms with Gasteiger partial charge in [-0.2, -0.15) is 0 Å². The molecule has 0 aliphatic carbocycles. The fourth-order valence-electron chi connectivity index (χ4n) is 3.62. The minimum Gasteiger partial charge on any atom is -0.496 e. The van der Waals surface area contributed by atoms with Gasteiger partial charge in [-0.25, -0.2) is 0 Å². The molecule has 1 aliphatic heterocycles. The minimum atomic E-state index is -0.0142. The normalized spacial score (nSPS) is 14.5. The van der Waals surface area contributed by atoms with Crippen molar-refractivity contribution in [2.75, 3.05) is 45.2 Å². The van der Waals surface area contributed by atoms with Gasteiger partial charge in [0.15, 0.2) is 0 Å². The topological polar surface area (TPSA) is 61.9 Å². The van der Waals surface area contributed by atoms with E-state index < -0.39 is 0 Å². The Balaban J connectivity index is 1.47. The summed E-state index contributed by atoms with van der Waals surface area (Å²) in [5.74, 6) is 0.818. The van der Waals surface area contributed by atoms with E-state index in [9.17, 15) is 9.59 Å². The van der Waals surface area contributed by atoms with Crippen molar-refractivity contribution in [2.24, 2.45) is 0 Å². The van der Waals surface area contributed by atoms with Crippen molar-refractivity contribution in [1.29, 1.82) is 0 Å². The number of nitrogens with zero attached hydrogens (tertiary/aromatic N) is 2. The second-order valence-electron chi connectivity index (χ2n) is 7.20. The average Bonchev–Trinajstić information content (AvgIpc) is 2.75. The predicted octanol–water partition coefficient (Wildman–Crippen LogP) is 2.58. The van der Waals surface area contributed by atoms with E-state index in [1.807, 2.05) is 53.4 Å². The molecule has 0 radical (unpaired) electrons. The number of carbonyl (C=O) groups is 2. The Morgan fingerprint density at radius 2 is 1.62 bits per heavy atom. The van der Waals surface area contributed by atoms with Crippen molar-refractivity contribution >= 4 is 17.5 Å². The largest absolute Gasteiger partial charge is 0.496 e. The molecule has 0 bridgehead atoms. The van der Waals surface area contributed by atoms with E-state index in [-0.39, 0.29) is 11.8 Å². The number of amides is 2. The van der Waals surface area contributed by atoms with E-state index in [1.165, 1.54) is 0 Å².